The molecule has 0 radical (unpaired) electrons. The van der Waals surface area contributed by atoms with Crippen LogP contribution in [0.25, 0.3) is 0 Å². The maximum Gasteiger partial charge on any atom is 0.328 e. The fourth-order valence-corrected chi connectivity index (χ4v) is 2.58. The number of esters is 1. The predicted molar refractivity (Wildman–Crippen MR) is 96.9 cm³/mol. The van der Waals surface area contributed by atoms with Crippen molar-refractivity contribution in [1.82, 2.24) is 5.32 Å². The summed E-state index contributed by atoms with van der Waals surface area (Å²) in [4.78, 5) is 23.8. The average Bonchev–Trinajstić information content (AvgIpc) is 2.59. The van der Waals surface area contributed by atoms with Gasteiger partial charge in [-0.3, -0.25) is 4.79 Å². The molecule has 0 saturated heterocycles. The van der Waals surface area contributed by atoms with Gasteiger partial charge in [-0.2, -0.15) is 0 Å². The molecule has 0 aromatic heterocycles. The molecule has 26 heavy (non-hydrogen) atoms. The smallest absolute Gasteiger partial charge is 0.328 e. The normalized spacial score (nSPS) is 11.8. The molecular weight excluding hydrogens is 340 g/mol. The largest absolute Gasteiger partial charge is 0.464 e. The summed E-state index contributed by atoms with van der Waals surface area (Å²) in [7, 11) is 0. The van der Waals surface area contributed by atoms with Crippen LogP contribution in [0.15, 0.2) is 18.2 Å². The second-order valence-electron chi connectivity index (χ2n) is 6.43. The summed E-state index contributed by atoms with van der Waals surface area (Å²) in [6.45, 7) is 3.89. The molecule has 0 aliphatic carbocycles. The molecule has 1 N–H and O–H groups in total. The van der Waals surface area contributed by atoms with Crippen LogP contribution in [0, 0.1) is 11.6 Å². The van der Waals surface area contributed by atoms with Crippen molar-refractivity contribution < 1.29 is 23.1 Å². The lowest BCUT2D eigenvalue weighted by Crippen LogP contribution is -2.40. The first-order chi connectivity index (χ1) is 12.5. The van der Waals surface area contributed by atoms with Crippen LogP contribution in [0.3, 0.4) is 0 Å². The van der Waals surface area contributed by atoms with E-state index in [1.165, 1.54) is 45.1 Å². The third kappa shape index (κ3) is 7.93. The number of carbonyl (C=O) groups excluding carboxylic acids is 2. The molecule has 0 aliphatic heterocycles. The highest BCUT2D eigenvalue weighted by atomic mass is 19.1. The number of nitrogens with one attached hydrogen (secondary N) is 1. The van der Waals surface area contributed by atoms with Gasteiger partial charge in [-0.25, -0.2) is 13.6 Å². The van der Waals surface area contributed by atoms with Crippen molar-refractivity contribution in [3.63, 3.8) is 0 Å². The van der Waals surface area contributed by atoms with Crippen LogP contribution in [0.1, 0.15) is 75.6 Å². The summed E-state index contributed by atoms with van der Waals surface area (Å²) in [6, 6.07) is 2.17. The van der Waals surface area contributed by atoms with E-state index >= 15 is 0 Å². The number of ether oxygens (including phenoxy) is 1. The molecule has 4 nitrogen and oxygen atoms in total. The molecule has 0 saturated carbocycles. The van der Waals surface area contributed by atoms with Gasteiger partial charge in [-0.05, 0) is 25.5 Å². The molecule has 6 heteroatoms. The summed E-state index contributed by atoms with van der Waals surface area (Å²) in [5.41, 5.74) is -0.699. The molecule has 0 bridgehead atoms. The molecule has 0 spiro atoms. The van der Waals surface area contributed by atoms with Crippen LogP contribution >= 0.6 is 0 Å². The van der Waals surface area contributed by atoms with Gasteiger partial charge in [0.15, 0.2) is 0 Å². The predicted octanol–water partition coefficient (Wildman–Crippen LogP) is 4.77. The number of hydrogen-bond donors (Lipinski definition) is 1. The number of amides is 1. The average molecular weight is 369 g/mol. The van der Waals surface area contributed by atoms with Crippen LogP contribution < -0.4 is 5.32 Å². The zero-order valence-electron chi connectivity index (χ0n) is 15.7. The number of hydrogen-bond acceptors (Lipinski definition) is 3. The number of carbonyl (C=O) groups is 2. The second-order valence-corrected chi connectivity index (χ2v) is 6.43. The summed E-state index contributed by atoms with van der Waals surface area (Å²) >= 11 is 0. The van der Waals surface area contributed by atoms with Gasteiger partial charge in [-0.15, -0.1) is 0 Å². The van der Waals surface area contributed by atoms with Gasteiger partial charge in [0, 0.05) is 0 Å². The Bertz CT molecular complexity index is 558. The van der Waals surface area contributed by atoms with E-state index in [2.05, 4.69) is 12.2 Å². The molecule has 0 fully saturated rings. The lowest BCUT2D eigenvalue weighted by Gasteiger charge is -2.14. The van der Waals surface area contributed by atoms with Crippen LogP contribution in [-0.4, -0.2) is 24.5 Å². The highest BCUT2D eigenvalue weighted by molar-refractivity contribution is 5.97. The fraction of sp³-hybridized carbons (Fsp3) is 0.600. The van der Waals surface area contributed by atoms with E-state index in [9.17, 15) is 18.4 Å². The Labute approximate surface area is 154 Å². The highest BCUT2D eigenvalue weighted by Gasteiger charge is 2.22. The number of unbranched alkanes of at least 4 members (excludes halogenated alkanes) is 7. The van der Waals surface area contributed by atoms with E-state index in [1.54, 1.807) is 0 Å². The van der Waals surface area contributed by atoms with Crippen LogP contribution in [-0.2, 0) is 9.53 Å². The Kier molecular flexibility index (Phi) is 10.5. The third-order valence-corrected chi connectivity index (χ3v) is 4.13. The number of halogens is 2. The Morgan fingerprint density at radius 2 is 1.54 bits per heavy atom. The van der Waals surface area contributed by atoms with Gasteiger partial charge in [0.25, 0.3) is 5.91 Å². The Balaban J connectivity index is 2.23. The molecule has 0 aliphatic rings. The lowest BCUT2D eigenvalue weighted by atomic mass is 10.1. The first kappa shape index (κ1) is 22.1. The van der Waals surface area contributed by atoms with E-state index in [1.807, 2.05) is 0 Å². The standard InChI is InChI=1S/C20H29F2NO3/c1-3-4-5-6-7-8-9-10-14-26-20(25)15(2)23-19(24)18-16(21)12-11-13-17(18)22/h11-13,15H,3-10,14H2,1-2H3,(H,23,24). The summed E-state index contributed by atoms with van der Waals surface area (Å²) < 4.78 is 32.2. The van der Waals surface area contributed by atoms with Crippen molar-refractivity contribution >= 4 is 11.9 Å². The van der Waals surface area contributed by atoms with E-state index in [-0.39, 0.29) is 6.61 Å². The van der Waals surface area contributed by atoms with E-state index in [0.29, 0.717) is 0 Å². The van der Waals surface area contributed by atoms with Gasteiger partial charge >= 0.3 is 5.97 Å². The van der Waals surface area contributed by atoms with Crippen LogP contribution in [0.5, 0.6) is 0 Å². The SMILES string of the molecule is CCCCCCCCCCOC(=O)C(C)NC(=O)c1c(F)cccc1F. The van der Waals surface area contributed by atoms with Crippen LogP contribution in [0.4, 0.5) is 8.78 Å². The second kappa shape index (κ2) is 12.4. The maximum atomic E-state index is 13.6. The zero-order valence-corrected chi connectivity index (χ0v) is 15.7. The Hall–Kier alpha value is -1.98. The molecule has 146 valence electrons. The first-order valence-corrected chi connectivity index (χ1v) is 9.38. The van der Waals surface area contributed by atoms with Crippen molar-refractivity contribution in [3.8, 4) is 0 Å². The molecule has 1 amide bonds. The molecule has 1 aromatic rings. The van der Waals surface area contributed by atoms with Gasteiger partial charge in [0.1, 0.15) is 23.2 Å². The van der Waals surface area contributed by atoms with Crippen molar-refractivity contribution in [3.05, 3.63) is 35.4 Å². The van der Waals surface area contributed by atoms with Gasteiger partial charge in [-0.1, -0.05) is 57.9 Å². The monoisotopic (exact) mass is 369 g/mol. The highest BCUT2D eigenvalue weighted by Crippen LogP contribution is 2.12. The fourth-order valence-electron chi connectivity index (χ4n) is 2.58. The maximum absolute atomic E-state index is 13.6. The zero-order chi connectivity index (χ0) is 19.4. The topological polar surface area (TPSA) is 55.4 Å². The quantitative estimate of drug-likeness (QED) is 0.427. The Morgan fingerprint density at radius 3 is 2.12 bits per heavy atom. The minimum Gasteiger partial charge on any atom is -0.464 e. The number of rotatable bonds is 12. The van der Waals surface area contributed by atoms with E-state index in [4.69, 9.17) is 4.74 Å². The van der Waals surface area contributed by atoms with Crippen LogP contribution in [0.2, 0.25) is 0 Å². The lowest BCUT2D eigenvalue weighted by molar-refractivity contribution is -0.145. The minimum absolute atomic E-state index is 0.280. The molecular formula is C20H29F2NO3. The van der Waals surface area contributed by atoms with Gasteiger partial charge in [0.2, 0.25) is 0 Å². The summed E-state index contributed by atoms with van der Waals surface area (Å²) in [5.74, 6) is -3.53. The molecule has 0 heterocycles. The summed E-state index contributed by atoms with van der Waals surface area (Å²) in [5, 5.41) is 2.26. The molecule has 1 rings (SSSR count). The first-order valence-electron chi connectivity index (χ1n) is 9.38. The summed E-state index contributed by atoms with van der Waals surface area (Å²) in [6.07, 6.45) is 9.07. The van der Waals surface area contributed by atoms with Gasteiger partial charge in [0.05, 0.1) is 6.61 Å². The minimum atomic E-state index is -0.976. The van der Waals surface area contributed by atoms with Crippen molar-refractivity contribution in [1.29, 1.82) is 0 Å². The van der Waals surface area contributed by atoms with Crippen molar-refractivity contribution in [2.45, 2.75) is 71.3 Å². The van der Waals surface area contributed by atoms with Crippen molar-refractivity contribution in [2.75, 3.05) is 6.61 Å². The van der Waals surface area contributed by atoms with E-state index < -0.39 is 35.1 Å². The number of benzene rings is 1. The third-order valence-electron chi connectivity index (χ3n) is 4.13. The molecule has 1 atom stereocenters. The molecule has 1 aromatic carbocycles. The molecule has 1 unspecified atom stereocenters. The van der Waals surface area contributed by atoms with Crippen molar-refractivity contribution in [2.24, 2.45) is 0 Å². The van der Waals surface area contributed by atoms with Gasteiger partial charge < -0.3 is 10.1 Å². The van der Waals surface area contributed by atoms with E-state index in [0.717, 1.165) is 31.4 Å². The Morgan fingerprint density at radius 1 is 1.00 bits per heavy atom.